The zero-order chi connectivity index (χ0) is 83.8. The van der Waals surface area contributed by atoms with Crippen LogP contribution in [0.4, 0.5) is 28.4 Å². The number of aromatic nitrogens is 5. The molecule has 2 aliphatic heterocycles. The Bertz CT molecular complexity index is 6070. The van der Waals surface area contributed by atoms with Gasteiger partial charge in [-0.15, -0.1) is 0 Å². The zero-order valence-corrected chi connectivity index (χ0v) is 69.0. The average molecular weight is 1730 g/mol. The number of nitrogens with one attached hydrogen (secondary N) is 8. The maximum absolute atomic E-state index is 12.8. The fourth-order valence-corrected chi connectivity index (χ4v) is 14.7. The number of guanidine groups is 2. The van der Waals surface area contributed by atoms with Crippen LogP contribution >= 0.6 is 58.0 Å². The van der Waals surface area contributed by atoms with Crippen molar-refractivity contribution in [3.63, 3.8) is 0 Å². The van der Waals surface area contributed by atoms with Gasteiger partial charge in [0.1, 0.15) is 0 Å². The summed E-state index contributed by atoms with van der Waals surface area (Å²) in [4.78, 5) is 80.3. The van der Waals surface area contributed by atoms with Gasteiger partial charge >= 0.3 is 0 Å². The maximum Gasteiger partial charge on any atom is 0.257 e. The van der Waals surface area contributed by atoms with Gasteiger partial charge in [0.05, 0.1) is 84.2 Å². The highest BCUT2D eigenvalue weighted by Crippen LogP contribution is 2.35. The van der Waals surface area contributed by atoms with Gasteiger partial charge < -0.3 is 42.5 Å². The van der Waals surface area contributed by atoms with Crippen molar-refractivity contribution < 1.29 is 36.0 Å². The number of hydrogen-bond donors (Lipinski definition) is 8. The van der Waals surface area contributed by atoms with E-state index in [1.165, 1.54) is 19.3 Å². The minimum Gasteiger partial charge on any atom is -0.355 e. The number of rotatable bonds is 21. The Kier molecular flexibility index (Phi) is 29.3. The number of aliphatic imine (C=N–C) groups is 2. The molecule has 24 nitrogen and oxygen atoms in total. The molecule has 13 aromatic rings. The minimum absolute atomic E-state index is 0.0215. The van der Waals surface area contributed by atoms with Crippen molar-refractivity contribution >= 4 is 142 Å². The van der Waals surface area contributed by atoms with Gasteiger partial charge in [-0.05, 0) is 211 Å². The lowest BCUT2D eigenvalue weighted by Gasteiger charge is -2.16. The summed E-state index contributed by atoms with van der Waals surface area (Å²) in [5.74, 6) is 0.284. The highest BCUT2D eigenvalue weighted by atomic mass is 35.5. The molecule has 7 heterocycles. The Morgan fingerprint density at radius 3 is 1.06 bits per heavy atom. The molecule has 0 bridgehead atoms. The number of carbonyl (C=O) groups excluding carboxylic acids is 4. The summed E-state index contributed by atoms with van der Waals surface area (Å²) < 4.78 is 49.3. The van der Waals surface area contributed by atoms with Gasteiger partial charge in [0, 0.05) is 126 Å². The number of benzene rings is 8. The monoisotopic (exact) mass is 1720 g/mol. The molecule has 2 aliphatic rings. The molecular weight excluding hydrogens is 1650 g/mol. The number of halogens is 5. The van der Waals surface area contributed by atoms with Gasteiger partial charge in [0.2, 0.25) is 10.0 Å². The fourth-order valence-electron chi connectivity index (χ4n) is 11.7. The smallest absolute Gasteiger partial charge is 0.257 e. The van der Waals surface area contributed by atoms with Crippen molar-refractivity contribution in [3.05, 3.63) is 350 Å². The predicted octanol–water partition coefficient (Wildman–Crippen LogP) is 17.1. The van der Waals surface area contributed by atoms with Crippen molar-refractivity contribution in [3.8, 4) is 45.0 Å². The van der Waals surface area contributed by atoms with E-state index in [4.69, 9.17) is 58.0 Å². The molecular formula is C88H75Cl5N16O8S2. The van der Waals surface area contributed by atoms with Crippen LogP contribution in [0.25, 0.3) is 45.0 Å². The summed E-state index contributed by atoms with van der Waals surface area (Å²) >= 11 is 31.5. The van der Waals surface area contributed by atoms with E-state index >= 15 is 0 Å². The molecule has 0 aliphatic carbocycles. The highest BCUT2D eigenvalue weighted by molar-refractivity contribution is 7.92. The molecule has 15 rings (SSSR count). The van der Waals surface area contributed by atoms with Crippen LogP contribution in [0.5, 0.6) is 0 Å². The summed E-state index contributed by atoms with van der Waals surface area (Å²) in [7, 11) is -5.46. The molecule has 602 valence electrons. The van der Waals surface area contributed by atoms with Gasteiger partial charge in [-0.1, -0.05) is 119 Å². The Morgan fingerprint density at radius 2 is 0.723 bits per heavy atom. The number of nitrogens with zero attached hydrogens (tertiary/aromatic N) is 8. The topological polar surface area (TPSA) is 325 Å². The van der Waals surface area contributed by atoms with E-state index in [1.807, 2.05) is 109 Å². The summed E-state index contributed by atoms with van der Waals surface area (Å²) in [5, 5.41) is 26.8. The second kappa shape index (κ2) is 40.8. The molecule has 119 heavy (non-hydrogen) atoms. The SMILES string of the molecule is CN(c1ccc(C(=O)Nc2ccc(Cl)c(-c3ccccn3)c2)cc1)S(C)(=O)=O.O=C(Nc1ccc(Cl)c(-c2ccccn2)c1)c1ccc(CNC2=NCCN2)cc1.O=C(Nc1ccc(Cl)c(-c2ccccn2)c1)c1ccc(CNC2=NCCN2)cc1Cl.O=C(Nc1ccc(Cl)c(-c2ccccn2)c1)c1ccc(CS(=O)(=O)c2ccccn2)cc1. The number of hydrogen-bond acceptors (Lipinski definition) is 19. The van der Waals surface area contributed by atoms with Crippen molar-refractivity contribution in [2.45, 2.75) is 23.9 Å². The lowest BCUT2D eigenvalue weighted by molar-refractivity contribution is 0.101. The summed E-state index contributed by atoms with van der Waals surface area (Å²) in [6.07, 6.45) is 9.31. The first kappa shape index (κ1) is 85.4. The fraction of sp³-hybridized carbons (Fsp3) is 0.102. The Labute approximate surface area is 712 Å². The molecule has 31 heteroatoms. The predicted molar refractivity (Wildman–Crippen MR) is 474 cm³/mol. The molecule has 5 aromatic heterocycles. The second-order valence-corrected chi connectivity index (χ2v) is 32.4. The maximum atomic E-state index is 12.8. The average Bonchev–Trinajstić information content (AvgIpc) is 1.13. The third kappa shape index (κ3) is 24.1. The van der Waals surface area contributed by atoms with Crippen LogP contribution in [-0.2, 0) is 38.7 Å². The molecule has 4 amide bonds. The van der Waals surface area contributed by atoms with Crippen molar-refractivity contribution in [2.24, 2.45) is 9.98 Å². The molecule has 0 spiro atoms. The molecule has 0 saturated heterocycles. The van der Waals surface area contributed by atoms with E-state index in [-0.39, 0.29) is 34.4 Å². The van der Waals surface area contributed by atoms with E-state index in [2.05, 4.69) is 77.4 Å². The van der Waals surface area contributed by atoms with Crippen LogP contribution in [0.15, 0.2) is 301 Å². The van der Waals surface area contributed by atoms with Crippen LogP contribution in [0, 0.1) is 0 Å². The molecule has 0 radical (unpaired) electrons. The van der Waals surface area contributed by atoms with E-state index in [9.17, 15) is 36.0 Å². The summed E-state index contributed by atoms with van der Waals surface area (Å²) in [6, 6.07) is 73.5. The van der Waals surface area contributed by atoms with E-state index in [0.29, 0.717) is 117 Å². The lowest BCUT2D eigenvalue weighted by atomic mass is 10.1. The van der Waals surface area contributed by atoms with Gasteiger partial charge in [-0.3, -0.25) is 53.4 Å². The number of sulfone groups is 1. The number of anilines is 5. The largest absolute Gasteiger partial charge is 0.355 e. The molecule has 0 atom stereocenters. The molecule has 0 unspecified atom stereocenters. The molecule has 8 N–H and O–H groups in total. The van der Waals surface area contributed by atoms with E-state index < -0.39 is 19.9 Å². The van der Waals surface area contributed by atoms with E-state index in [1.54, 1.807) is 164 Å². The number of amides is 4. The van der Waals surface area contributed by atoms with Gasteiger partial charge in [0.25, 0.3) is 23.6 Å². The van der Waals surface area contributed by atoms with Crippen molar-refractivity contribution in [2.75, 3.05) is 65.1 Å². The van der Waals surface area contributed by atoms with Gasteiger partial charge in [-0.25, -0.2) is 21.8 Å². The van der Waals surface area contributed by atoms with Crippen LogP contribution in [0.1, 0.15) is 58.1 Å². The lowest BCUT2D eigenvalue weighted by Crippen LogP contribution is -2.33. The first-order chi connectivity index (χ1) is 57.5. The number of pyridine rings is 5. The highest BCUT2D eigenvalue weighted by Gasteiger charge is 2.21. The van der Waals surface area contributed by atoms with Crippen molar-refractivity contribution in [1.29, 1.82) is 0 Å². The molecule has 0 saturated carbocycles. The Morgan fingerprint density at radius 1 is 0.378 bits per heavy atom. The van der Waals surface area contributed by atoms with Crippen LogP contribution in [0.2, 0.25) is 25.1 Å². The van der Waals surface area contributed by atoms with Crippen LogP contribution < -0.4 is 46.8 Å². The minimum atomic E-state index is -3.56. The van der Waals surface area contributed by atoms with Crippen LogP contribution in [-0.4, -0.2) is 117 Å². The Hall–Kier alpha value is -12.9. The summed E-state index contributed by atoms with van der Waals surface area (Å²) in [5.41, 5.74) is 13.1. The second-order valence-electron chi connectivity index (χ2n) is 26.4. The Balaban J connectivity index is 0.000000146. The quantitative estimate of drug-likeness (QED) is 0.0331. The number of carbonyl (C=O) groups is 4. The molecule has 8 aromatic carbocycles. The van der Waals surface area contributed by atoms with Gasteiger partial charge in [-0.2, -0.15) is 0 Å². The normalized spacial score (nSPS) is 12.0. The number of sulfonamides is 1. The van der Waals surface area contributed by atoms with E-state index in [0.717, 1.165) is 82.3 Å². The third-order valence-electron chi connectivity index (χ3n) is 17.9. The van der Waals surface area contributed by atoms with Crippen LogP contribution in [0.3, 0.4) is 0 Å². The first-order valence-electron chi connectivity index (χ1n) is 36.7. The standard InChI is InChI=1S/C24H18ClN3O3S.C22H19Cl2N5O.C22H20ClN5O.C20H18ClN3O3S/c25-21-12-11-19(15-20(21)22-5-1-3-13-26-22)28-24(29)18-9-7-17(8-10-18)16-32(30,31)23-6-2-4-14-27-23;23-18-7-5-15(12-17(18)20-3-1-2-8-25-20)29-21(30)16-6-4-14(11-19(16)24)13-28-22-26-9-10-27-22;23-19-9-8-17(13-18(19)20-3-1-2-10-24-20)28-21(29)16-6-4-15(5-7-16)14-27-22-25-11-12-26-22;1-24(28(2,26)27)16-9-6-14(7-10-16)20(25)23-15-8-11-18(21)17(13-15)19-5-3-4-12-22-19/h1-15H,16H2,(H,28,29);1-8,11-12H,9-10,13H2,(H,29,30)(H2,26,27,28);1-10,13H,11-12,14H2,(H,28,29)(H2,25,26,27);3-13H,1-2H3,(H,23,25). The third-order valence-corrected chi connectivity index (χ3v) is 22.4. The molecule has 0 fully saturated rings. The van der Waals surface area contributed by atoms with Gasteiger partial charge in [0.15, 0.2) is 26.8 Å². The van der Waals surface area contributed by atoms with Crippen molar-refractivity contribution in [1.82, 2.24) is 46.2 Å². The summed E-state index contributed by atoms with van der Waals surface area (Å²) in [6.45, 7) is 4.50. The first-order valence-corrected chi connectivity index (χ1v) is 42.1. The zero-order valence-electron chi connectivity index (χ0n) is 63.6.